The number of aryl methyl sites for hydroxylation is 1. The summed E-state index contributed by atoms with van der Waals surface area (Å²) in [5.74, 6) is 0.176. The molecule has 4 nitrogen and oxygen atoms in total. The molecule has 1 fully saturated rings. The molecule has 2 rings (SSSR count). The van der Waals surface area contributed by atoms with Crippen molar-refractivity contribution < 1.29 is 4.79 Å². The molecule has 0 aromatic carbocycles. The van der Waals surface area contributed by atoms with E-state index in [-0.39, 0.29) is 11.2 Å². The maximum Gasteiger partial charge on any atom is 0.173 e. The highest BCUT2D eigenvalue weighted by Crippen LogP contribution is 2.39. The van der Waals surface area contributed by atoms with E-state index in [4.69, 9.17) is 5.73 Å². The molecule has 0 radical (unpaired) electrons. The summed E-state index contributed by atoms with van der Waals surface area (Å²) in [5.41, 5.74) is 6.16. The van der Waals surface area contributed by atoms with Crippen molar-refractivity contribution in [1.82, 2.24) is 9.78 Å². The van der Waals surface area contributed by atoms with Gasteiger partial charge in [-0.3, -0.25) is 9.48 Å². The highest BCUT2D eigenvalue weighted by Gasteiger charge is 2.40. The summed E-state index contributed by atoms with van der Waals surface area (Å²) in [4.78, 5) is 12.3. The van der Waals surface area contributed by atoms with Crippen LogP contribution in [0.2, 0.25) is 0 Å². The van der Waals surface area contributed by atoms with Crippen molar-refractivity contribution in [3.63, 3.8) is 0 Å². The number of ketones is 1. The van der Waals surface area contributed by atoms with E-state index in [2.05, 4.69) is 5.10 Å². The van der Waals surface area contributed by atoms with Crippen molar-refractivity contribution in [2.75, 3.05) is 6.54 Å². The largest absolute Gasteiger partial charge is 0.329 e. The number of nitrogens with two attached hydrogens (primary N) is 1. The second kappa shape index (κ2) is 3.77. The summed E-state index contributed by atoms with van der Waals surface area (Å²) in [7, 11) is 1.82. The van der Waals surface area contributed by atoms with Crippen LogP contribution in [-0.4, -0.2) is 22.1 Å². The third-order valence-corrected chi connectivity index (χ3v) is 3.40. The fraction of sp³-hybridized carbons (Fsp3) is 0.636. The molecular formula is C11H17N3O. The number of aromatic nitrogens is 2. The Morgan fingerprint density at radius 2 is 2.27 bits per heavy atom. The lowest BCUT2D eigenvalue weighted by Gasteiger charge is -2.24. The van der Waals surface area contributed by atoms with Crippen LogP contribution in [0, 0.1) is 5.41 Å². The van der Waals surface area contributed by atoms with Gasteiger partial charge in [-0.05, 0) is 12.8 Å². The molecule has 0 amide bonds. The molecule has 1 aliphatic rings. The fourth-order valence-electron chi connectivity index (χ4n) is 2.42. The highest BCUT2D eigenvalue weighted by atomic mass is 16.1. The first-order chi connectivity index (χ1) is 7.18. The van der Waals surface area contributed by atoms with Crippen molar-refractivity contribution in [2.24, 2.45) is 18.2 Å². The van der Waals surface area contributed by atoms with E-state index in [9.17, 15) is 4.79 Å². The minimum atomic E-state index is -0.303. The standard InChI is InChI=1S/C11H17N3O/c1-14-7-9(6-13-14)10(15)11(8-12)4-2-3-5-11/h6-7H,2-5,8,12H2,1H3. The first kappa shape index (κ1) is 10.4. The van der Waals surface area contributed by atoms with Gasteiger partial charge in [0, 0.05) is 25.2 Å². The van der Waals surface area contributed by atoms with Gasteiger partial charge < -0.3 is 5.73 Å². The molecule has 2 N–H and O–H groups in total. The molecule has 1 saturated carbocycles. The predicted molar refractivity (Wildman–Crippen MR) is 57.5 cm³/mol. The van der Waals surface area contributed by atoms with Crippen LogP contribution in [0.15, 0.2) is 12.4 Å². The van der Waals surface area contributed by atoms with Gasteiger partial charge in [-0.25, -0.2) is 0 Å². The molecule has 0 saturated heterocycles. The zero-order valence-corrected chi connectivity index (χ0v) is 9.07. The van der Waals surface area contributed by atoms with Gasteiger partial charge in [0.25, 0.3) is 0 Å². The average Bonchev–Trinajstić information content (AvgIpc) is 2.86. The third-order valence-electron chi connectivity index (χ3n) is 3.40. The van der Waals surface area contributed by atoms with Crippen LogP contribution < -0.4 is 5.73 Å². The second-order valence-electron chi connectivity index (χ2n) is 4.42. The van der Waals surface area contributed by atoms with Crippen molar-refractivity contribution >= 4 is 5.78 Å². The minimum Gasteiger partial charge on any atom is -0.329 e. The van der Waals surface area contributed by atoms with Crippen molar-refractivity contribution in [1.29, 1.82) is 0 Å². The number of hydrogen-bond donors (Lipinski definition) is 1. The van der Waals surface area contributed by atoms with Gasteiger partial charge in [0.05, 0.1) is 11.8 Å². The average molecular weight is 207 g/mol. The lowest BCUT2D eigenvalue weighted by atomic mass is 9.79. The highest BCUT2D eigenvalue weighted by molar-refractivity contribution is 6.00. The van der Waals surface area contributed by atoms with Gasteiger partial charge >= 0.3 is 0 Å². The Morgan fingerprint density at radius 1 is 1.60 bits per heavy atom. The van der Waals surface area contributed by atoms with Crippen molar-refractivity contribution in [3.05, 3.63) is 18.0 Å². The third kappa shape index (κ3) is 1.69. The monoisotopic (exact) mass is 207 g/mol. The minimum absolute atomic E-state index is 0.176. The van der Waals surface area contributed by atoms with Gasteiger partial charge in [-0.15, -0.1) is 0 Å². The summed E-state index contributed by atoms with van der Waals surface area (Å²) in [6.45, 7) is 0.459. The Balaban J connectivity index is 2.26. The number of nitrogens with zero attached hydrogens (tertiary/aromatic N) is 2. The van der Waals surface area contributed by atoms with Crippen LogP contribution >= 0.6 is 0 Å². The molecular weight excluding hydrogens is 190 g/mol. The summed E-state index contributed by atoms with van der Waals surface area (Å²) in [5, 5.41) is 4.03. The molecule has 1 aromatic rings. The predicted octanol–water partition coefficient (Wildman–Crippen LogP) is 1.12. The zero-order valence-electron chi connectivity index (χ0n) is 9.07. The maximum absolute atomic E-state index is 12.3. The van der Waals surface area contributed by atoms with E-state index < -0.39 is 0 Å². The molecule has 1 heterocycles. The molecule has 1 aromatic heterocycles. The lowest BCUT2D eigenvalue weighted by molar-refractivity contribution is 0.0810. The molecule has 0 atom stereocenters. The Labute approximate surface area is 89.5 Å². The molecule has 82 valence electrons. The topological polar surface area (TPSA) is 60.9 Å². The quantitative estimate of drug-likeness (QED) is 0.755. The fourth-order valence-corrected chi connectivity index (χ4v) is 2.42. The Morgan fingerprint density at radius 3 is 2.73 bits per heavy atom. The van der Waals surface area contributed by atoms with Crippen LogP contribution in [0.5, 0.6) is 0 Å². The second-order valence-corrected chi connectivity index (χ2v) is 4.42. The first-order valence-corrected chi connectivity index (χ1v) is 5.41. The lowest BCUT2D eigenvalue weighted by Crippen LogP contribution is -2.35. The number of rotatable bonds is 3. The van der Waals surface area contributed by atoms with Gasteiger partial charge in [0.1, 0.15) is 0 Å². The maximum atomic E-state index is 12.3. The number of carbonyl (C=O) groups excluding carboxylic acids is 1. The zero-order chi connectivity index (χ0) is 10.9. The van der Waals surface area contributed by atoms with E-state index in [1.54, 1.807) is 17.1 Å². The van der Waals surface area contributed by atoms with Crippen LogP contribution in [0.4, 0.5) is 0 Å². The molecule has 1 aliphatic carbocycles. The van der Waals surface area contributed by atoms with Crippen LogP contribution in [-0.2, 0) is 7.05 Å². The first-order valence-electron chi connectivity index (χ1n) is 5.41. The molecule has 0 aliphatic heterocycles. The number of hydrogen-bond acceptors (Lipinski definition) is 3. The molecule has 0 unspecified atom stereocenters. The molecule has 4 heteroatoms. The van der Waals surface area contributed by atoms with Crippen molar-refractivity contribution in [3.8, 4) is 0 Å². The summed E-state index contributed by atoms with van der Waals surface area (Å²) in [6, 6.07) is 0. The van der Waals surface area contributed by atoms with Crippen molar-refractivity contribution in [2.45, 2.75) is 25.7 Å². The number of carbonyl (C=O) groups is 1. The van der Waals surface area contributed by atoms with Crippen LogP contribution in [0.1, 0.15) is 36.0 Å². The van der Waals surface area contributed by atoms with Crippen LogP contribution in [0.25, 0.3) is 0 Å². The van der Waals surface area contributed by atoms with E-state index in [0.717, 1.165) is 25.7 Å². The molecule has 0 spiro atoms. The van der Waals surface area contributed by atoms with E-state index in [1.807, 2.05) is 7.05 Å². The Bertz CT molecular complexity index is 364. The summed E-state index contributed by atoms with van der Waals surface area (Å²) >= 11 is 0. The summed E-state index contributed by atoms with van der Waals surface area (Å²) in [6.07, 6.45) is 7.50. The normalized spacial score (nSPS) is 19.3. The SMILES string of the molecule is Cn1cc(C(=O)C2(CN)CCCC2)cn1. The van der Waals surface area contributed by atoms with E-state index in [1.165, 1.54) is 0 Å². The molecule has 0 bridgehead atoms. The van der Waals surface area contributed by atoms with Gasteiger partial charge in [0.15, 0.2) is 5.78 Å². The number of Topliss-reactive ketones (excluding diaryl/α,β-unsaturated/α-hetero) is 1. The van der Waals surface area contributed by atoms with Gasteiger partial charge in [-0.2, -0.15) is 5.10 Å². The smallest absolute Gasteiger partial charge is 0.173 e. The molecule has 15 heavy (non-hydrogen) atoms. The van der Waals surface area contributed by atoms with E-state index >= 15 is 0 Å². The van der Waals surface area contributed by atoms with Gasteiger partial charge in [0.2, 0.25) is 0 Å². The Hall–Kier alpha value is -1.16. The van der Waals surface area contributed by atoms with Crippen LogP contribution in [0.3, 0.4) is 0 Å². The van der Waals surface area contributed by atoms with Gasteiger partial charge in [-0.1, -0.05) is 12.8 Å². The van der Waals surface area contributed by atoms with E-state index in [0.29, 0.717) is 12.1 Å². The Kier molecular flexibility index (Phi) is 2.61. The summed E-state index contributed by atoms with van der Waals surface area (Å²) < 4.78 is 1.66.